The average Bonchev–Trinajstić information content (AvgIpc) is 3.25. The number of aromatic amines is 2. The first kappa shape index (κ1) is 22.1. The minimum atomic E-state index is 0.0425. The smallest absolute Gasteiger partial charge is 0.111 e. The highest BCUT2D eigenvalue weighted by Gasteiger charge is 2.17. The minimum Gasteiger partial charge on any atom is -0.341 e. The van der Waals surface area contributed by atoms with Gasteiger partial charge in [-0.2, -0.15) is 0 Å². The molecular weight excluding hydrogens is 348 g/mol. The van der Waals surface area contributed by atoms with E-state index < -0.39 is 0 Å². The van der Waals surface area contributed by atoms with Crippen LogP contribution in [0.4, 0.5) is 0 Å². The van der Waals surface area contributed by atoms with E-state index in [0.717, 1.165) is 49.0 Å². The first-order valence-corrected chi connectivity index (χ1v) is 10.3. The molecule has 2 aromatic rings. The third-order valence-electron chi connectivity index (χ3n) is 4.40. The Morgan fingerprint density at radius 1 is 0.714 bits per heavy atom. The fourth-order valence-corrected chi connectivity index (χ4v) is 2.65. The summed E-state index contributed by atoms with van der Waals surface area (Å²) in [5.74, 6) is 2.00. The molecule has 6 nitrogen and oxygen atoms in total. The SMILES string of the molecule is CC(C)(C)c1ncc(C=NCCCCCCN=Cc2cnc(C(C)(C)C)[nH]2)[nH]1. The van der Waals surface area contributed by atoms with Crippen LogP contribution in [0.1, 0.15) is 90.3 Å². The van der Waals surface area contributed by atoms with Crippen LogP contribution in [0.2, 0.25) is 0 Å². The van der Waals surface area contributed by atoms with Crippen molar-refractivity contribution in [1.82, 2.24) is 19.9 Å². The van der Waals surface area contributed by atoms with Crippen molar-refractivity contribution in [3.63, 3.8) is 0 Å². The van der Waals surface area contributed by atoms with Crippen LogP contribution >= 0.6 is 0 Å². The van der Waals surface area contributed by atoms with Gasteiger partial charge in [0.05, 0.1) is 23.8 Å². The molecule has 0 atom stereocenters. The highest BCUT2D eigenvalue weighted by molar-refractivity contribution is 5.77. The molecule has 0 aromatic carbocycles. The molecule has 0 bridgehead atoms. The lowest BCUT2D eigenvalue weighted by Crippen LogP contribution is -2.13. The van der Waals surface area contributed by atoms with Crippen LogP contribution < -0.4 is 0 Å². The van der Waals surface area contributed by atoms with Gasteiger partial charge in [-0.25, -0.2) is 9.97 Å². The fraction of sp³-hybridized carbons (Fsp3) is 0.636. The molecule has 0 unspecified atom stereocenters. The van der Waals surface area contributed by atoms with E-state index in [9.17, 15) is 0 Å². The summed E-state index contributed by atoms with van der Waals surface area (Å²) in [6, 6.07) is 0. The van der Waals surface area contributed by atoms with Crippen molar-refractivity contribution < 1.29 is 0 Å². The van der Waals surface area contributed by atoms with Crippen LogP contribution in [0.25, 0.3) is 0 Å². The normalized spacial score (nSPS) is 13.2. The van der Waals surface area contributed by atoms with E-state index >= 15 is 0 Å². The van der Waals surface area contributed by atoms with Crippen LogP contribution in [0.5, 0.6) is 0 Å². The van der Waals surface area contributed by atoms with Gasteiger partial charge in [-0.1, -0.05) is 54.4 Å². The van der Waals surface area contributed by atoms with Crippen LogP contribution in [-0.2, 0) is 10.8 Å². The Balaban J connectivity index is 1.56. The van der Waals surface area contributed by atoms with Crippen molar-refractivity contribution in [2.75, 3.05) is 13.1 Å². The van der Waals surface area contributed by atoms with Crippen LogP contribution in [0.15, 0.2) is 22.4 Å². The second kappa shape index (κ2) is 9.80. The number of nitrogens with zero attached hydrogens (tertiary/aromatic N) is 4. The van der Waals surface area contributed by atoms with E-state index in [0.29, 0.717) is 0 Å². The van der Waals surface area contributed by atoms with E-state index in [1.807, 2.05) is 24.8 Å². The molecule has 0 amide bonds. The number of aliphatic imine (C=N–C) groups is 2. The van der Waals surface area contributed by atoms with Crippen molar-refractivity contribution in [2.45, 2.75) is 78.1 Å². The van der Waals surface area contributed by atoms with Gasteiger partial charge in [0.15, 0.2) is 0 Å². The zero-order valence-corrected chi connectivity index (χ0v) is 18.3. The molecule has 6 heteroatoms. The average molecular weight is 385 g/mol. The second-order valence-corrected chi connectivity index (χ2v) is 9.36. The van der Waals surface area contributed by atoms with Gasteiger partial charge in [-0.3, -0.25) is 9.98 Å². The summed E-state index contributed by atoms with van der Waals surface area (Å²) in [4.78, 5) is 24.5. The summed E-state index contributed by atoms with van der Waals surface area (Å²) in [5, 5.41) is 0. The maximum absolute atomic E-state index is 4.50. The molecule has 0 aliphatic rings. The molecule has 2 N–H and O–H groups in total. The number of hydrogen-bond acceptors (Lipinski definition) is 4. The summed E-state index contributed by atoms with van der Waals surface area (Å²) < 4.78 is 0. The van der Waals surface area contributed by atoms with E-state index in [4.69, 9.17) is 0 Å². The molecule has 0 saturated carbocycles. The zero-order chi connectivity index (χ0) is 20.6. The van der Waals surface area contributed by atoms with Crippen LogP contribution in [0, 0.1) is 0 Å². The van der Waals surface area contributed by atoms with Crippen LogP contribution in [-0.4, -0.2) is 45.5 Å². The van der Waals surface area contributed by atoms with E-state index in [-0.39, 0.29) is 10.8 Å². The van der Waals surface area contributed by atoms with Gasteiger partial charge in [0.25, 0.3) is 0 Å². The number of H-pyrrole nitrogens is 2. The molecule has 154 valence electrons. The summed E-state index contributed by atoms with van der Waals surface area (Å²) in [5.41, 5.74) is 2.04. The highest BCUT2D eigenvalue weighted by atomic mass is 14.9. The third kappa shape index (κ3) is 7.41. The number of imidazole rings is 2. The second-order valence-electron chi connectivity index (χ2n) is 9.36. The number of aromatic nitrogens is 4. The van der Waals surface area contributed by atoms with E-state index in [1.165, 1.54) is 12.8 Å². The molecular formula is C22H36N6. The minimum absolute atomic E-state index is 0.0425. The summed E-state index contributed by atoms with van der Waals surface area (Å²) in [7, 11) is 0. The maximum atomic E-state index is 4.50. The molecule has 0 fully saturated rings. The van der Waals surface area contributed by atoms with Crippen molar-refractivity contribution in [3.8, 4) is 0 Å². The van der Waals surface area contributed by atoms with Gasteiger partial charge in [-0.05, 0) is 12.8 Å². The van der Waals surface area contributed by atoms with Gasteiger partial charge >= 0.3 is 0 Å². The first-order valence-electron chi connectivity index (χ1n) is 10.3. The fourth-order valence-electron chi connectivity index (χ4n) is 2.65. The Morgan fingerprint density at radius 3 is 1.43 bits per heavy atom. The Morgan fingerprint density at radius 2 is 1.11 bits per heavy atom. The van der Waals surface area contributed by atoms with Crippen molar-refractivity contribution in [2.24, 2.45) is 9.98 Å². The summed E-state index contributed by atoms with van der Waals surface area (Å²) in [6.07, 6.45) is 12.1. The van der Waals surface area contributed by atoms with Gasteiger partial charge < -0.3 is 9.97 Å². The molecule has 0 aliphatic carbocycles. The van der Waals surface area contributed by atoms with Gasteiger partial charge in [0.2, 0.25) is 0 Å². The molecule has 2 aromatic heterocycles. The largest absolute Gasteiger partial charge is 0.341 e. The highest BCUT2D eigenvalue weighted by Crippen LogP contribution is 2.18. The Labute approximate surface area is 169 Å². The molecule has 0 radical (unpaired) electrons. The summed E-state index contributed by atoms with van der Waals surface area (Å²) >= 11 is 0. The Hall–Kier alpha value is -2.24. The standard InChI is InChI=1S/C22H36N6/c1-21(2,3)19-25-15-17(27-19)13-23-11-9-7-8-10-12-24-14-18-16-26-20(28-18)22(4,5)6/h13-16H,7-12H2,1-6H3,(H,25,27)(H,26,28). The lowest BCUT2D eigenvalue weighted by Gasteiger charge is -2.13. The predicted molar refractivity (Wildman–Crippen MR) is 118 cm³/mol. The Kier molecular flexibility index (Phi) is 7.72. The molecule has 28 heavy (non-hydrogen) atoms. The van der Waals surface area contributed by atoms with Crippen molar-refractivity contribution in [3.05, 3.63) is 35.4 Å². The zero-order valence-electron chi connectivity index (χ0n) is 18.3. The number of rotatable bonds is 9. The number of hydrogen-bond donors (Lipinski definition) is 2. The molecule has 0 saturated heterocycles. The monoisotopic (exact) mass is 384 g/mol. The Bertz CT molecular complexity index is 701. The third-order valence-corrected chi connectivity index (χ3v) is 4.40. The number of nitrogens with one attached hydrogen (secondary N) is 2. The molecule has 2 heterocycles. The lowest BCUT2D eigenvalue weighted by atomic mass is 9.96. The van der Waals surface area contributed by atoms with E-state index in [1.54, 1.807) is 0 Å². The molecule has 0 aliphatic heterocycles. The van der Waals surface area contributed by atoms with Crippen molar-refractivity contribution in [1.29, 1.82) is 0 Å². The quantitative estimate of drug-likeness (QED) is 0.480. The van der Waals surface area contributed by atoms with Gasteiger partial charge in [0.1, 0.15) is 11.6 Å². The first-order chi connectivity index (χ1) is 13.2. The van der Waals surface area contributed by atoms with Gasteiger partial charge in [-0.15, -0.1) is 0 Å². The van der Waals surface area contributed by atoms with Crippen LogP contribution in [0.3, 0.4) is 0 Å². The number of unbranched alkanes of at least 4 members (excludes halogenated alkanes) is 3. The topological polar surface area (TPSA) is 82.1 Å². The summed E-state index contributed by atoms with van der Waals surface area (Å²) in [6.45, 7) is 14.6. The maximum Gasteiger partial charge on any atom is 0.111 e. The molecule has 0 spiro atoms. The van der Waals surface area contributed by atoms with E-state index in [2.05, 4.69) is 71.5 Å². The lowest BCUT2D eigenvalue weighted by molar-refractivity contribution is 0.552. The molecule has 2 rings (SSSR count). The predicted octanol–water partition coefficient (Wildman–Crippen LogP) is 4.83. The van der Waals surface area contributed by atoms with Crippen molar-refractivity contribution >= 4 is 12.4 Å². The van der Waals surface area contributed by atoms with Gasteiger partial charge in [0, 0.05) is 36.3 Å².